The molecule has 29 heavy (non-hydrogen) atoms. The zero-order valence-electron chi connectivity index (χ0n) is 15.4. The number of pyridine rings is 2. The van der Waals surface area contributed by atoms with Gasteiger partial charge >= 0.3 is 5.97 Å². The highest BCUT2D eigenvalue weighted by Gasteiger charge is 2.27. The fourth-order valence-corrected chi connectivity index (χ4v) is 4.06. The van der Waals surface area contributed by atoms with Crippen LogP contribution in [0.25, 0.3) is 33.5 Å². The molecule has 1 aliphatic rings. The number of rotatable bonds is 4. The average molecular weight is 412 g/mol. The molecule has 3 N–H and O–H groups in total. The van der Waals surface area contributed by atoms with Gasteiger partial charge in [-0.2, -0.15) is 4.98 Å². The van der Waals surface area contributed by atoms with Gasteiger partial charge in [0.05, 0.1) is 16.6 Å². The maximum atomic E-state index is 11.1. The molecule has 0 bridgehead atoms. The molecule has 0 amide bonds. The van der Waals surface area contributed by atoms with E-state index in [4.69, 9.17) is 21.4 Å². The van der Waals surface area contributed by atoms with Gasteiger partial charge in [-0.3, -0.25) is 9.78 Å². The SMILES string of the molecule is O=C(O)[C@H]1CC[C@H](Oc2nc3cc(Cl)c(-c4cnc5[nH]ccc5c4)nc3[nH]2)CC1. The maximum absolute atomic E-state index is 11.1. The third-order valence-corrected chi connectivity index (χ3v) is 5.67. The molecule has 9 heteroatoms. The first kappa shape index (κ1) is 17.9. The van der Waals surface area contributed by atoms with Gasteiger partial charge in [-0.05, 0) is 43.9 Å². The number of hydrogen-bond acceptors (Lipinski definition) is 5. The van der Waals surface area contributed by atoms with Crippen molar-refractivity contribution in [2.24, 2.45) is 5.92 Å². The van der Waals surface area contributed by atoms with Gasteiger partial charge in [-0.1, -0.05) is 11.6 Å². The van der Waals surface area contributed by atoms with Gasteiger partial charge in [0.15, 0.2) is 5.65 Å². The van der Waals surface area contributed by atoms with E-state index < -0.39 is 5.97 Å². The highest BCUT2D eigenvalue weighted by molar-refractivity contribution is 6.33. The molecule has 0 atom stereocenters. The summed E-state index contributed by atoms with van der Waals surface area (Å²) in [6, 6.07) is 6.05. The van der Waals surface area contributed by atoms with E-state index in [1.165, 1.54) is 0 Å². The van der Waals surface area contributed by atoms with Crippen LogP contribution in [0.3, 0.4) is 0 Å². The van der Waals surface area contributed by atoms with Crippen molar-refractivity contribution in [1.29, 1.82) is 0 Å². The Kier molecular flexibility index (Phi) is 4.35. The topological polar surface area (TPSA) is 117 Å². The lowest BCUT2D eigenvalue weighted by Crippen LogP contribution is -2.28. The van der Waals surface area contributed by atoms with E-state index >= 15 is 0 Å². The number of imidazole rings is 1. The second-order valence-corrected chi connectivity index (χ2v) is 7.70. The van der Waals surface area contributed by atoms with E-state index in [1.54, 1.807) is 12.3 Å². The Labute approximate surface area is 170 Å². The Bertz CT molecular complexity index is 1210. The third kappa shape index (κ3) is 3.40. The molecule has 8 nitrogen and oxygen atoms in total. The second kappa shape index (κ2) is 7.04. The first-order chi connectivity index (χ1) is 14.1. The number of carbonyl (C=O) groups is 1. The maximum Gasteiger partial charge on any atom is 0.306 e. The molecule has 1 fully saturated rings. The number of carboxylic acids is 1. The van der Waals surface area contributed by atoms with Crippen molar-refractivity contribution < 1.29 is 14.6 Å². The summed E-state index contributed by atoms with van der Waals surface area (Å²) in [5, 5.41) is 10.6. The van der Waals surface area contributed by atoms with Crippen molar-refractivity contribution in [3.05, 3.63) is 35.6 Å². The molecule has 4 heterocycles. The van der Waals surface area contributed by atoms with Crippen molar-refractivity contribution in [2.45, 2.75) is 31.8 Å². The Hall–Kier alpha value is -3.13. The van der Waals surface area contributed by atoms with Crippen LogP contribution in [0.2, 0.25) is 5.02 Å². The number of nitrogens with zero attached hydrogens (tertiary/aromatic N) is 3. The van der Waals surface area contributed by atoms with Crippen LogP contribution in [0.15, 0.2) is 30.6 Å². The summed E-state index contributed by atoms with van der Waals surface area (Å²) < 4.78 is 5.94. The molecule has 0 saturated heterocycles. The fraction of sp³-hybridized carbons (Fsp3) is 0.300. The van der Waals surface area contributed by atoms with Crippen LogP contribution in [0.4, 0.5) is 0 Å². The number of ether oxygens (including phenoxy) is 1. The van der Waals surface area contributed by atoms with Crippen molar-refractivity contribution in [2.75, 3.05) is 0 Å². The van der Waals surface area contributed by atoms with Crippen LogP contribution < -0.4 is 4.74 Å². The minimum Gasteiger partial charge on any atom is -0.481 e. The molecular weight excluding hydrogens is 394 g/mol. The van der Waals surface area contributed by atoms with E-state index in [-0.39, 0.29) is 12.0 Å². The molecule has 1 aliphatic carbocycles. The molecule has 148 valence electrons. The van der Waals surface area contributed by atoms with E-state index in [2.05, 4.69) is 24.9 Å². The van der Waals surface area contributed by atoms with Crippen molar-refractivity contribution in [3.8, 4) is 17.3 Å². The highest BCUT2D eigenvalue weighted by Crippen LogP contribution is 2.32. The molecule has 0 aliphatic heterocycles. The normalized spacial score (nSPS) is 19.6. The summed E-state index contributed by atoms with van der Waals surface area (Å²) >= 11 is 6.46. The van der Waals surface area contributed by atoms with Gasteiger partial charge in [0.25, 0.3) is 6.01 Å². The zero-order chi connectivity index (χ0) is 20.0. The zero-order valence-corrected chi connectivity index (χ0v) is 16.1. The lowest BCUT2D eigenvalue weighted by Gasteiger charge is -2.25. The molecule has 5 rings (SSSR count). The van der Waals surface area contributed by atoms with Crippen LogP contribution in [0, 0.1) is 5.92 Å². The van der Waals surface area contributed by atoms with Gasteiger partial charge in [0, 0.05) is 23.3 Å². The summed E-state index contributed by atoms with van der Waals surface area (Å²) in [6.07, 6.45) is 6.12. The fourth-order valence-electron chi connectivity index (χ4n) is 3.81. The molecule has 4 aromatic rings. The Morgan fingerprint density at radius 3 is 2.79 bits per heavy atom. The first-order valence-corrected chi connectivity index (χ1v) is 9.84. The smallest absolute Gasteiger partial charge is 0.306 e. The predicted molar refractivity (Wildman–Crippen MR) is 108 cm³/mol. The third-order valence-electron chi connectivity index (χ3n) is 5.38. The summed E-state index contributed by atoms with van der Waals surface area (Å²) in [6.45, 7) is 0. The van der Waals surface area contributed by atoms with Crippen molar-refractivity contribution in [3.63, 3.8) is 0 Å². The molecule has 0 aromatic carbocycles. The molecular formula is C20H18ClN5O3. The molecule has 1 saturated carbocycles. The number of halogens is 1. The van der Waals surface area contributed by atoms with Crippen molar-refractivity contribution >= 4 is 39.8 Å². The van der Waals surface area contributed by atoms with E-state index in [9.17, 15) is 4.79 Å². The Balaban J connectivity index is 1.40. The predicted octanol–water partition coefficient (Wildman–Crippen LogP) is 4.18. The quantitative estimate of drug-likeness (QED) is 0.463. The minimum atomic E-state index is -0.731. The Morgan fingerprint density at radius 1 is 1.17 bits per heavy atom. The molecule has 0 unspecified atom stereocenters. The largest absolute Gasteiger partial charge is 0.481 e. The van der Waals surface area contributed by atoms with E-state index in [0.717, 1.165) is 16.6 Å². The molecule has 0 radical (unpaired) electrons. The number of H-pyrrole nitrogens is 2. The number of aliphatic carboxylic acids is 1. The Morgan fingerprint density at radius 2 is 2.00 bits per heavy atom. The second-order valence-electron chi connectivity index (χ2n) is 7.30. The van der Waals surface area contributed by atoms with Crippen molar-refractivity contribution in [1.82, 2.24) is 24.9 Å². The van der Waals surface area contributed by atoms with Gasteiger partial charge in [0.2, 0.25) is 0 Å². The van der Waals surface area contributed by atoms with Crippen LogP contribution in [0.5, 0.6) is 6.01 Å². The van der Waals surface area contributed by atoms with E-state index in [1.807, 2.05) is 18.3 Å². The lowest BCUT2D eigenvalue weighted by molar-refractivity contribution is -0.143. The monoisotopic (exact) mass is 411 g/mol. The summed E-state index contributed by atoms with van der Waals surface area (Å²) in [5.41, 5.74) is 3.43. The standard InChI is InChI=1S/C20H18ClN5O3/c21-14-8-15-18(25-16(14)12-7-11-5-6-22-17(11)23-9-12)26-20(24-15)29-13-3-1-10(2-4-13)19(27)28/h5-10,13H,1-4H2,(H,22,23)(H,27,28)(H,24,25,26)/t10-,13-. The van der Waals surface area contributed by atoms with Crippen LogP contribution in [0.1, 0.15) is 25.7 Å². The average Bonchev–Trinajstić information content (AvgIpc) is 3.33. The minimum absolute atomic E-state index is 0.0543. The van der Waals surface area contributed by atoms with Crippen LogP contribution in [-0.4, -0.2) is 42.1 Å². The van der Waals surface area contributed by atoms with Gasteiger partial charge in [0.1, 0.15) is 17.3 Å². The number of aromatic amines is 2. The number of nitrogens with one attached hydrogen (secondary N) is 2. The number of carboxylic acid groups (broad SMARTS) is 1. The van der Waals surface area contributed by atoms with Gasteiger partial charge < -0.3 is 14.8 Å². The lowest BCUT2D eigenvalue weighted by atomic mass is 9.87. The number of aromatic nitrogens is 5. The van der Waals surface area contributed by atoms with Crippen LogP contribution in [-0.2, 0) is 4.79 Å². The summed E-state index contributed by atoms with van der Waals surface area (Å²) in [5.74, 6) is -1.01. The molecule has 4 aromatic heterocycles. The van der Waals surface area contributed by atoms with Crippen LogP contribution >= 0.6 is 11.6 Å². The van der Waals surface area contributed by atoms with Gasteiger partial charge in [-0.25, -0.2) is 9.97 Å². The van der Waals surface area contributed by atoms with E-state index in [0.29, 0.717) is 53.6 Å². The summed E-state index contributed by atoms with van der Waals surface area (Å²) in [4.78, 5) is 30.7. The first-order valence-electron chi connectivity index (χ1n) is 9.46. The number of hydrogen-bond donors (Lipinski definition) is 3. The molecule has 0 spiro atoms. The summed E-state index contributed by atoms with van der Waals surface area (Å²) in [7, 11) is 0. The number of fused-ring (bicyclic) bond motifs is 2. The van der Waals surface area contributed by atoms with Gasteiger partial charge in [-0.15, -0.1) is 0 Å². The highest BCUT2D eigenvalue weighted by atomic mass is 35.5.